The zero-order chi connectivity index (χ0) is 15.1. The molecular formula is C16H31N3O. The van der Waals surface area contributed by atoms with Crippen molar-refractivity contribution in [1.82, 2.24) is 15.1 Å². The predicted molar refractivity (Wildman–Crippen MR) is 82.4 cm³/mol. The molecule has 4 nitrogen and oxygen atoms in total. The van der Waals surface area contributed by atoms with Crippen LogP contribution in [0.4, 0.5) is 0 Å². The molecule has 1 aliphatic carbocycles. The maximum Gasteiger partial charge on any atom is 0.244 e. The normalized spacial score (nSPS) is 25.0. The molecule has 2 rings (SSSR count). The summed E-state index contributed by atoms with van der Waals surface area (Å²) in [6.45, 7) is 15.1. The summed E-state index contributed by atoms with van der Waals surface area (Å²) in [5.74, 6) is 0.800. The molecule has 0 bridgehead atoms. The van der Waals surface area contributed by atoms with Crippen molar-refractivity contribution in [3.63, 3.8) is 0 Å². The summed E-state index contributed by atoms with van der Waals surface area (Å²) < 4.78 is 0. The van der Waals surface area contributed by atoms with Crippen molar-refractivity contribution in [3.05, 3.63) is 0 Å². The van der Waals surface area contributed by atoms with Crippen LogP contribution in [0.1, 0.15) is 54.4 Å². The molecule has 1 atom stereocenters. The average Bonchev–Trinajstić information content (AvgIpc) is 3.05. The SMILES string of the molecule is CC(C)C1NC2(CC2)C(=O)N1CCN(C(C)C)C(C)C. The highest BCUT2D eigenvalue weighted by Crippen LogP contribution is 2.43. The lowest BCUT2D eigenvalue weighted by Gasteiger charge is -2.34. The van der Waals surface area contributed by atoms with Crippen LogP contribution in [0.2, 0.25) is 0 Å². The fourth-order valence-electron chi connectivity index (χ4n) is 3.41. The minimum atomic E-state index is -0.185. The van der Waals surface area contributed by atoms with E-state index in [-0.39, 0.29) is 11.7 Å². The summed E-state index contributed by atoms with van der Waals surface area (Å²) in [4.78, 5) is 17.2. The monoisotopic (exact) mass is 281 g/mol. The molecule has 1 aliphatic heterocycles. The molecule has 2 aliphatic rings. The summed E-state index contributed by atoms with van der Waals surface area (Å²) in [7, 11) is 0. The fraction of sp³-hybridized carbons (Fsp3) is 0.938. The largest absolute Gasteiger partial charge is 0.324 e. The van der Waals surface area contributed by atoms with E-state index in [1.165, 1.54) is 0 Å². The molecule has 20 heavy (non-hydrogen) atoms. The lowest BCUT2D eigenvalue weighted by Crippen LogP contribution is -2.47. The van der Waals surface area contributed by atoms with Gasteiger partial charge in [0.15, 0.2) is 0 Å². The van der Waals surface area contributed by atoms with Crippen molar-refractivity contribution in [2.24, 2.45) is 5.92 Å². The van der Waals surface area contributed by atoms with Crippen molar-refractivity contribution in [2.75, 3.05) is 13.1 Å². The third-order valence-corrected chi connectivity index (χ3v) is 4.74. The van der Waals surface area contributed by atoms with Crippen molar-refractivity contribution >= 4 is 5.91 Å². The number of nitrogens with zero attached hydrogens (tertiary/aromatic N) is 2. The number of carbonyl (C=O) groups is 1. The number of hydrogen-bond acceptors (Lipinski definition) is 3. The molecule has 0 aromatic carbocycles. The van der Waals surface area contributed by atoms with Crippen molar-refractivity contribution in [2.45, 2.75) is 78.2 Å². The van der Waals surface area contributed by atoms with E-state index in [0.29, 0.717) is 23.9 Å². The summed E-state index contributed by atoms with van der Waals surface area (Å²) in [5, 5.41) is 3.58. The standard InChI is InChI=1S/C16H31N3O/c1-11(2)14-17-16(7-8-16)15(20)19(14)10-9-18(12(3)4)13(5)6/h11-14,17H,7-10H2,1-6H3. The Bertz CT molecular complexity index is 353. The number of rotatable bonds is 6. The van der Waals surface area contributed by atoms with Gasteiger partial charge in [0.25, 0.3) is 0 Å². The molecule has 1 N–H and O–H groups in total. The average molecular weight is 281 g/mol. The molecule has 1 saturated heterocycles. The van der Waals surface area contributed by atoms with Crippen molar-refractivity contribution < 1.29 is 4.79 Å². The Morgan fingerprint density at radius 1 is 1.20 bits per heavy atom. The van der Waals surface area contributed by atoms with Gasteiger partial charge in [-0.05, 0) is 46.5 Å². The molecule has 2 fully saturated rings. The van der Waals surface area contributed by atoms with E-state index < -0.39 is 0 Å². The minimum Gasteiger partial charge on any atom is -0.324 e. The minimum absolute atomic E-state index is 0.185. The van der Waals surface area contributed by atoms with E-state index in [9.17, 15) is 4.79 Å². The van der Waals surface area contributed by atoms with Gasteiger partial charge in [-0.3, -0.25) is 15.0 Å². The van der Waals surface area contributed by atoms with E-state index >= 15 is 0 Å². The van der Waals surface area contributed by atoms with E-state index in [0.717, 1.165) is 25.9 Å². The third kappa shape index (κ3) is 2.86. The molecule has 0 radical (unpaired) electrons. The highest BCUT2D eigenvalue weighted by molar-refractivity contribution is 5.91. The van der Waals surface area contributed by atoms with Crippen LogP contribution < -0.4 is 5.32 Å². The smallest absolute Gasteiger partial charge is 0.244 e. The molecule has 1 saturated carbocycles. The van der Waals surface area contributed by atoms with E-state index in [2.05, 4.69) is 56.7 Å². The van der Waals surface area contributed by atoms with Gasteiger partial charge in [0.2, 0.25) is 5.91 Å². The summed E-state index contributed by atoms with van der Waals surface area (Å²) in [6.07, 6.45) is 2.25. The third-order valence-electron chi connectivity index (χ3n) is 4.74. The van der Waals surface area contributed by atoms with Crippen LogP contribution in [0.15, 0.2) is 0 Å². The molecule has 116 valence electrons. The van der Waals surface area contributed by atoms with Gasteiger partial charge < -0.3 is 4.90 Å². The first-order valence-electron chi connectivity index (χ1n) is 8.13. The second kappa shape index (κ2) is 5.64. The Morgan fingerprint density at radius 2 is 1.75 bits per heavy atom. The zero-order valence-electron chi connectivity index (χ0n) is 13.9. The van der Waals surface area contributed by atoms with Gasteiger partial charge in [0, 0.05) is 25.2 Å². The summed E-state index contributed by atoms with van der Waals surface area (Å²) in [6, 6.07) is 1.04. The predicted octanol–water partition coefficient (Wildman–Crippen LogP) is 2.05. The second-order valence-electron chi connectivity index (χ2n) is 7.34. The van der Waals surface area contributed by atoms with Gasteiger partial charge >= 0.3 is 0 Å². The quantitative estimate of drug-likeness (QED) is 0.809. The number of amides is 1. The fourth-order valence-corrected chi connectivity index (χ4v) is 3.41. The van der Waals surface area contributed by atoms with Crippen LogP contribution in [0.3, 0.4) is 0 Å². The Labute approximate surface area is 123 Å². The molecule has 1 unspecified atom stereocenters. The number of carbonyl (C=O) groups excluding carboxylic acids is 1. The number of nitrogens with one attached hydrogen (secondary N) is 1. The molecule has 0 aromatic rings. The van der Waals surface area contributed by atoms with Gasteiger partial charge in [-0.2, -0.15) is 0 Å². The van der Waals surface area contributed by atoms with Crippen LogP contribution in [-0.2, 0) is 4.79 Å². The maximum atomic E-state index is 12.6. The molecular weight excluding hydrogens is 250 g/mol. The van der Waals surface area contributed by atoms with E-state index in [1.54, 1.807) is 0 Å². The Balaban J connectivity index is 2.01. The van der Waals surface area contributed by atoms with Crippen LogP contribution >= 0.6 is 0 Å². The Kier molecular flexibility index (Phi) is 4.45. The van der Waals surface area contributed by atoms with Crippen LogP contribution in [0.25, 0.3) is 0 Å². The van der Waals surface area contributed by atoms with Crippen molar-refractivity contribution in [3.8, 4) is 0 Å². The second-order valence-corrected chi connectivity index (χ2v) is 7.34. The molecule has 4 heteroatoms. The molecule has 1 amide bonds. The highest BCUT2D eigenvalue weighted by atomic mass is 16.2. The maximum absolute atomic E-state index is 12.6. The van der Waals surface area contributed by atoms with E-state index in [4.69, 9.17) is 0 Å². The number of hydrogen-bond donors (Lipinski definition) is 1. The van der Waals surface area contributed by atoms with Crippen molar-refractivity contribution in [1.29, 1.82) is 0 Å². The summed E-state index contributed by atoms with van der Waals surface area (Å²) in [5.41, 5.74) is -0.185. The van der Waals surface area contributed by atoms with Gasteiger partial charge in [0.05, 0.1) is 11.7 Å². The van der Waals surface area contributed by atoms with Crippen LogP contribution in [0.5, 0.6) is 0 Å². The van der Waals surface area contributed by atoms with Crippen LogP contribution in [0, 0.1) is 5.92 Å². The molecule has 0 aromatic heterocycles. The first-order valence-corrected chi connectivity index (χ1v) is 8.13. The topological polar surface area (TPSA) is 35.6 Å². The summed E-state index contributed by atoms with van der Waals surface area (Å²) >= 11 is 0. The van der Waals surface area contributed by atoms with Gasteiger partial charge in [-0.25, -0.2) is 0 Å². The molecule has 1 spiro atoms. The van der Waals surface area contributed by atoms with Gasteiger partial charge in [-0.15, -0.1) is 0 Å². The van der Waals surface area contributed by atoms with Gasteiger partial charge in [0.1, 0.15) is 0 Å². The Hall–Kier alpha value is -0.610. The first-order chi connectivity index (χ1) is 9.28. The zero-order valence-corrected chi connectivity index (χ0v) is 13.9. The van der Waals surface area contributed by atoms with Gasteiger partial charge in [-0.1, -0.05) is 13.8 Å². The first kappa shape index (κ1) is 15.8. The van der Waals surface area contributed by atoms with Crippen LogP contribution in [-0.4, -0.2) is 52.6 Å². The molecule has 1 heterocycles. The Morgan fingerprint density at radius 3 is 2.15 bits per heavy atom. The lowest BCUT2D eigenvalue weighted by atomic mass is 10.1. The lowest BCUT2D eigenvalue weighted by molar-refractivity contribution is -0.131. The highest BCUT2D eigenvalue weighted by Gasteiger charge is 2.59. The van der Waals surface area contributed by atoms with E-state index in [1.807, 2.05) is 0 Å².